The van der Waals surface area contributed by atoms with Crippen molar-refractivity contribution >= 4 is 42.5 Å². The molecule has 0 heterocycles. The van der Waals surface area contributed by atoms with Crippen LogP contribution in [-0.2, 0) is 0 Å². The Balaban J connectivity index is -0.000000355. The standard InChI is InChI=1S/C11H8Cl2.C2H5N.CH5N.CH4S/c1-2-3-4-5-9-6-7-10(12)11(13)8-9;1-3-2;2*1-2/h2,6-8H,1,3H2;1H2,2H3;2H2,1H3;2H,1H3. The third kappa shape index (κ3) is 15.1. The molecule has 1 aromatic carbocycles. The smallest absolute Gasteiger partial charge is 0.0604 e. The zero-order chi connectivity index (χ0) is 16.4. The van der Waals surface area contributed by atoms with E-state index in [1.807, 2.05) is 6.07 Å². The van der Waals surface area contributed by atoms with Crippen molar-refractivity contribution in [3.63, 3.8) is 0 Å². The van der Waals surface area contributed by atoms with Crippen LogP contribution in [0.3, 0.4) is 0 Å². The van der Waals surface area contributed by atoms with Crippen LogP contribution < -0.4 is 5.73 Å². The Morgan fingerprint density at radius 2 is 1.80 bits per heavy atom. The van der Waals surface area contributed by atoms with Gasteiger partial charge in [-0.1, -0.05) is 41.1 Å². The van der Waals surface area contributed by atoms with Crippen LogP contribution in [0, 0.1) is 11.8 Å². The first kappa shape index (κ1) is 24.1. The molecule has 2 nitrogen and oxygen atoms in total. The van der Waals surface area contributed by atoms with Crippen molar-refractivity contribution in [3.05, 3.63) is 46.5 Å². The summed E-state index contributed by atoms with van der Waals surface area (Å²) in [6, 6.07) is 5.33. The van der Waals surface area contributed by atoms with E-state index in [9.17, 15) is 0 Å². The molecule has 0 spiro atoms. The SMILES string of the molecule is C=CCC#Cc1ccc(Cl)c(Cl)c1.C=NC.CN.CS. The molecule has 0 fully saturated rings. The normalized spacial score (nSPS) is 6.95. The maximum atomic E-state index is 5.81. The van der Waals surface area contributed by atoms with Crippen molar-refractivity contribution < 1.29 is 0 Å². The first-order valence-corrected chi connectivity index (χ1v) is 7.22. The number of hydrogen-bond donors (Lipinski definition) is 2. The van der Waals surface area contributed by atoms with Gasteiger partial charge in [0, 0.05) is 19.0 Å². The summed E-state index contributed by atoms with van der Waals surface area (Å²) in [5.41, 5.74) is 5.37. The van der Waals surface area contributed by atoms with Crippen molar-refractivity contribution in [2.45, 2.75) is 6.42 Å². The van der Waals surface area contributed by atoms with Gasteiger partial charge in [-0.05, 0) is 38.2 Å². The van der Waals surface area contributed by atoms with Gasteiger partial charge in [0.05, 0.1) is 10.0 Å². The van der Waals surface area contributed by atoms with Gasteiger partial charge in [-0.15, -0.1) is 6.58 Å². The highest BCUT2D eigenvalue weighted by Crippen LogP contribution is 2.21. The van der Waals surface area contributed by atoms with Crippen molar-refractivity contribution in [1.82, 2.24) is 0 Å². The Morgan fingerprint density at radius 1 is 1.30 bits per heavy atom. The lowest BCUT2D eigenvalue weighted by Gasteiger charge is -1.94. The Hall–Kier alpha value is -0.920. The van der Waals surface area contributed by atoms with Crippen LogP contribution in [0.25, 0.3) is 0 Å². The predicted octanol–water partition coefficient (Wildman–Crippen LogP) is 4.36. The van der Waals surface area contributed by atoms with Crippen LogP contribution in [0.2, 0.25) is 10.0 Å². The van der Waals surface area contributed by atoms with Gasteiger partial charge >= 0.3 is 0 Å². The highest BCUT2D eigenvalue weighted by Gasteiger charge is 1.95. The minimum absolute atomic E-state index is 0.534. The Labute approximate surface area is 138 Å². The molecule has 2 N–H and O–H groups in total. The molecule has 0 amide bonds. The molecule has 0 aliphatic carbocycles. The summed E-state index contributed by atoms with van der Waals surface area (Å²) in [7, 11) is 3.14. The van der Waals surface area contributed by atoms with Crippen LogP contribution in [-0.4, -0.2) is 27.1 Å². The third-order valence-electron chi connectivity index (χ3n) is 1.40. The van der Waals surface area contributed by atoms with Gasteiger partial charge < -0.3 is 10.7 Å². The van der Waals surface area contributed by atoms with Crippen molar-refractivity contribution in [2.24, 2.45) is 10.7 Å². The third-order valence-corrected chi connectivity index (χ3v) is 2.14. The fourth-order valence-electron chi connectivity index (χ4n) is 0.799. The molecule has 1 aromatic rings. The summed E-state index contributed by atoms with van der Waals surface area (Å²) < 4.78 is 0. The Morgan fingerprint density at radius 3 is 2.20 bits per heavy atom. The quantitative estimate of drug-likeness (QED) is 0.341. The molecule has 0 unspecified atom stereocenters. The van der Waals surface area contributed by atoms with E-state index in [1.54, 1.807) is 31.5 Å². The second kappa shape index (κ2) is 20.4. The number of aliphatic imine (C=N–C) groups is 1. The maximum Gasteiger partial charge on any atom is 0.0604 e. The number of halogens is 2. The van der Waals surface area contributed by atoms with Crippen LogP contribution >= 0.6 is 35.8 Å². The molecule has 112 valence electrons. The molecule has 0 bridgehead atoms. The Bertz CT molecular complexity index is 424. The molecule has 5 heteroatoms. The lowest BCUT2D eigenvalue weighted by molar-refractivity contribution is 1.48. The minimum atomic E-state index is 0.534. The van der Waals surface area contributed by atoms with E-state index in [-0.39, 0.29) is 0 Å². The van der Waals surface area contributed by atoms with Crippen LogP contribution in [0.1, 0.15) is 12.0 Å². The van der Waals surface area contributed by atoms with Crippen molar-refractivity contribution in [3.8, 4) is 11.8 Å². The van der Waals surface area contributed by atoms with E-state index in [1.165, 1.54) is 7.05 Å². The van der Waals surface area contributed by atoms with Gasteiger partial charge in [0.2, 0.25) is 0 Å². The number of benzene rings is 1. The van der Waals surface area contributed by atoms with Gasteiger partial charge in [-0.25, -0.2) is 0 Å². The number of nitrogens with zero attached hydrogens (tertiary/aromatic N) is 1. The van der Waals surface area contributed by atoms with Gasteiger partial charge in [-0.3, -0.25) is 0 Å². The molecule has 1 rings (SSSR count). The highest BCUT2D eigenvalue weighted by molar-refractivity contribution is 7.79. The predicted molar refractivity (Wildman–Crippen MR) is 98.6 cm³/mol. The van der Waals surface area contributed by atoms with Gasteiger partial charge in [0.1, 0.15) is 0 Å². The minimum Gasteiger partial charge on any atom is -0.333 e. The number of rotatable bonds is 1. The van der Waals surface area contributed by atoms with E-state index in [2.05, 4.69) is 48.5 Å². The molecule has 0 saturated carbocycles. The van der Waals surface area contributed by atoms with E-state index >= 15 is 0 Å². The number of hydrogen-bond acceptors (Lipinski definition) is 3. The molecular formula is C15H22Cl2N2S. The fourth-order valence-corrected chi connectivity index (χ4v) is 1.10. The average molecular weight is 333 g/mol. The molecule has 20 heavy (non-hydrogen) atoms. The summed E-state index contributed by atoms with van der Waals surface area (Å²) in [5.74, 6) is 5.88. The lowest BCUT2D eigenvalue weighted by atomic mass is 10.2. The first-order chi connectivity index (χ1) is 9.65. The zero-order valence-electron chi connectivity index (χ0n) is 12.2. The fraction of sp³-hybridized carbons (Fsp3) is 0.267. The topological polar surface area (TPSA) is 38.4 Å². The van der Waals surface area contributed by atoms with Gasteiger partial charge in [0.25, 0.3) is 0 Å². The largest absolute Gasteiger partial charge is 0.333 e. The molecule has 0 saturated heterocycles. The number of thiol groups is 1. The zero-order valence-corrected chi connectivity index (χ0v) is 14.6. The average Bonchev–Trinajstić information content (AvgIpc) is 2.48. The molecular weight excluding hydrogens is 311 g/mol. The molecule has 0 aromatic heterocycles. The van der Waals surface area contributed by atoms with Gasteiger partial charge in [0.15, 0.2) is 0 Å². The molecule has 0 atom stereocenters. The monoisotopic (exact) mass is 332 g/mol. The van der Waals surface area contributed by atoms with Gasteiger partial charge in [-0.2, -0.15) is 12.6 Å². The number of nitrogens with two attached hydrogens (primary N) is 1. The van der Waals surface area contributed by atoms with E-state index in [4.69, 9.17) is 23.2 Å². The summed E-state index contributed by atoms with van der Waals surface area (Å²) >= 11 is 15.1. The first-order valence-electron chi connectivity index (χ1n) is 5.57. The summed E-state index contributed by atoms with van der Waals surface area (Å²) in [5, 5.41) is 1.09. The maximum absolute atomic E-state index is 5.81. The van der Waals surface area contributed by atoms with Crippen LogP contribution in [0.4, 0.5) is 0 Å². The summed E-state index contributed by atoms with van der Waals surface area (Å²) in [4.78, 5) is 3.25. The van der Waals surface area contributed by atoms with Crippen molar-refractivity contribution in [2.75, 3.05) is 20.4 Å². The Kier molecular flexibility index (Phi) is 24.6. The van der Waals surface area contributed by atoms with E-state index < -0.39 is 0 Å². The highest BCUT2D eigenvalue weighted by atomic mass is 35.5. The molecule has 0 aliphatic heterocycles. The molecule has 0 radical (unpaired) electrons. The summed E-state index contributed by atoms with van der Waals surface area (Å²) in [6.45, 7) is 6.68. The lowest BCUT2D eigenvalue weighted by Crippen LogP contribution is -1.74. The van der Waals surface area contributed by atoms with Crippen LogP contribution in [0.15, 0.2) is 35.8 Å². The van der Waals surface area contributed by atoms with Crippen LogP contribution in [0.5, 0.6) is 0 Å². The summed E-state index contributed by atoms with van der Waals surface area (Å²) in [6.07, 6.45) is 4.13. The van der Waals surface area contributed by atoms with E-state index in [0.717, 1.165) is 5.56 Å². The second-order valence-corrected chi connectivity index (χ2v) is 3.55. The number of allylic oxidation sites excluding steroid dienone is 1. The van der Waals surface area contributed by atoms with Crippen molar-refractivity contribution in [1.29, 1.82) is 0 Å². The molecule has 0 aliphatic rings. The second-order valence-electron chi connectivity index (χ2n) is 2.74. The van der Waals surface area contributed by atoms with E-state index in [0.29, 0.717) is 16.5 Å².